The van der Waals surface area contributed by atoms with Crippen molar-refractivity contribution >= 4 is 35.2 Å². The molecule has 1 aliphatic heterocycles. The summed E-state index contributed by atoms with van der Waals surface area (Å²) in [7, 11) is 0. The van der Waals surface area contributed by atoms with E-state index < -0.39 is 46.7 Å². The maximum Gasteiger partial charge on any atom is 0.344 e. The van der Waals surface area contributed by atoms with E-state index in [1.54, 1.807) is 25.1 Å². The zero-order valence-corrected chi connectivity index (χ0v) is 20.3. The number of rotatable bonds is 10. The molecule has 0 saturated carbocycles. The summed E-state index contributed by atoms with van der Waals surface area (Å²) in [5, 5.41) is 1.91. The third-order valence-corrected chi connectivity index (χ3v) is 6.41. The number of carbonyl (C=O) groups excluding carboxylic acids is 3. The highest BCUT2D eigenvalue weighted by atomic mass is 32.2. The van der Waals surface area contributed by atoms with Crippen molar-refractivity contribution in [2.24, 2.45) is 5.73 Å². The normalized spacial score (nSPS) is 15.9. The number of hydrogen-bond acceptors (Lipinski definition) is 7. The Kier molecular flexibility index (Phi) is 9.59. The van der Waals surface area contributed by atoms with Crippen LogP contribution in [-0.4, -0.2) is 59.6 Å². The highest BCUT2D eigenvalue weighted by Crippen LogP contribution is 2.27. The van der Waals surface area contributed by atoms with Gasteiger partial charge < -0.3 is 25.4 Å². The predicted octanol–water partition coefficient (Wildman–Crippen LogP) is 2.85. The van der Waals surface area contributed by atoms with Gasteiger partial charge in [-0.2, -0.15) is 0 Å². The monoisotopic (exact) mass is 525 g/mol. The second-order valence-corrected chi connectivity index (χ2v) is 9.14. The lowest BCUT2D eigenvalue weighted by Gasteiger charge is -2.24. The fourth-order valence-electron chi connectivity index (χ4n) is 3.57. The van der Waals surface area contributed by atoms with Crippen molar-refractivity contribution in [1.29, 1.82) is 0 Å². The standard InChI is InChI=1S/C24H26F3N3O5S/c1-2-34-22(32)13-35-17-5-3-4-16(11-17)29-23(33)24-30(6-7-36-24)21(31)10-15(28)8-14-9-19(26)20(27)12-18(14)25/h3-5,9,11-12,15,24H,2,6-8,10,13,28H2,1H3,(H,29,33)/t15-,24?/m1/s1. The number of carbonyl (C=O) groups is 3. The number of benzene rings is 2. The van der Waals surface area contributed by atoms with Crippen molar-refractivity contribution in [3.8, 4) is 5.75 Å². The van der Waals surface area contributed by atoms with E-state index in [-0.39, 0.29) is 31.6 Å². The first-order valence-corrected chi connectivity index (χ1v) is 12.2. The van der Waals surface area contributed by atoms with Gasteiger partial charge in [0.2, 0.25) is 5.91 Å². The Morgan fingerprint density at radius 3 is 2.67 bits per heavy atom. The van der Waals surface area contributed by atoms with Crippen molar-refractivity contribution in [1.82, 2.24) is 4.90 Å². The molecule has 0 radical (unpaired) electrons. The molecular weight excluding hydrogens is 499 g/mol. The smallest absolute Gasteiger partial charge is 0.344 e. The molecule has 1 unspecified atom stereocenters. The van der Waals surface area contributed by atoms with Gasteiger partial charge in [0.25, 0.3) is 5.91 Å². The molecule has 0 bridgehead atoms. The van der Waals surface area contributed by atoms with Gasteiger partial charge in [-0.05, 0) is 37.1 Å². The minimum Gasteiger partial charge on any atom is -0.482 e. The topological polar surface area (TPSA) is 111 Å². The summed E-state index contributed by atoms with van der Waals surface area (Å²) in [6.07, 6.45) is -0.384. The summed E-state index contributed by atoms with van der Waals surface area (Å²) < 4.78 is 50.6. The largest absolute Gasteiger partial charge is 0.482 e. The van der Waals surface area contributed by atoms with E-state index in [4.69, 9.17) is 15.2 Å². The molecule has 2 atom stereocenters. The SMILES string of the molecule is CCOC(=O)COc1cccc(NC(=O)C2SCCN2C(=O)C[C@H](N)Cc2cc(F)c(F)cc2F)c1. The number of thioether (sulfide) groups is 1. The van der Waals surface area contributed by atoms with Crippen LogP contribution in [0.3, 0.4) is 0 Å². The lowest BCUT2D eigenvalue weighted by atomic mass is 10.0. The molecule has 0 aliphatic carbocycles. The number of nitrogens with one attached hydrogen (secondary N) is 1. The zero-order chi connectivity index (χ0) is 26.2. The van der Waals surface area contributed by atoms with Crippen LogP contribution in [0.5, 0.6) is 5.75 Å². The number of nitrogens with two attached hydrogens (primary N) is 1. The maximum absolute atomic E-state index is 13.9. The Bertz CT molecular complexity index is 1120. The van der Waals surface area contributed by atoms with Gasteiger partial charge in [0.05, 0.1) is 6.61 Å². The van der Waals surface area contributed by atoms with Crippen molar-refractivity contribution in [3.63, 3.8) is 0 Å². The number of esters is 1. The van der Waals surface area contributed by atoms with Crippen LogP contribution < -0.4 is 15.8 Å². The average molecular weight is 526 g/mol. The molecule has 3 N–H and O–H groups in total. The molecule has 3 rings (SSSR count). The van der Waals surface area contributed by atoms with Crippen LogP contribution in [0, 0.1) is 17.5 Å². The summed E-state index contributed by atoms with van der Waals surface area (Å²) in [5.74, 6) is -3.94. The maximum atomic E-state index is 13.9. The summed E-state index contributed by atoms with van der Waals surface area (Å²) in [4.78, 5) is 38.6. The molecule has 1 fully saturated rings. The Morgan fingerprint density at radius 1 is 1.17 bits per heavy atom. The molecule has 2 amide bonds. The summed E-state index contributed by atoms with van der Waals surface area (Å²) >= 11 is 1.28. The molecule has 1 heterocycles. The summed E-state index contributed by atoms with van der Waals surface area (Å²) in [5.41, 5.74) is 6.25. The van der Waals surface area contributed by atoms with Gasteiger partial charge in [-0.15, -0.1) is 11.8 Å². The zero-order valence-electron chi connectivity index (χ0n) is 19.5. The van der Waals surface area contributed by atoms with E-state index in [1.807, 2.05) is 0 Å². The van der Waals surface area contributed by atoms with E-state index in [9.17, 15) is 27.6 Å². The number of halogens is 3. The first-order valence-electron chi connectivity index (χ1n) is 11.2. The van der Waals surface area contributed by atoms with Crippen molar-refractivity contribution < 1.29 is 37.0 Å². The Hall–Kier alpha value is -3.25. The molecule has 1 aliphatic rings. The molecule has 8 nitrogen and oxygen atoms in total. The lowest BCUT2D eigenvalue weighted by molar-refractivity contribution is -0.145. The van der Waals surface area contributed by atoms with Crippen LogP contribution in [0.1, 0.15) is 18.9 Å². The van der Waals surface area contributed by atoms with Gasteiger partial charge in [0.15, 0.2) is 23.6 Å². The summed E-state index contributed by atoms with van der Waals surface area (Å²) in [6, 6.07) is 6.72. The van der Waals surface area contributed by atoms with E-state index in [2.05, 4.69) is 5.32 Å². The van der Waals surface area contributed by atoms with Crippen molar-refractivity contribution in [3.05, 3.63) is 59.4 Å². The van der Waals surface area contributed by atoms with E-state index in [1.165, 1.54) is 22.7 Å². The lowest BCUT2D eigenvalue weighted by Crippen LogP contribution is -2.44. The molecule has 36 heavy (non-hydrogen) atoms. The van der Waals surface area contributed by atoms with E-state index in [0.717, 1.165) is 6.07 Å². The minimum atomic E-state index is -1.31. The molecule has 1 saturated heterocycles. The average Bonchev–Trinajstić information content (AvgIpc) is 3.32. The van der Waals surface area contributed by atoms with Gasteiger partial charge in [0, 0.05) is 42.6 Å². The molecule has 0 spiro atoms. The molecular formula is C24H26F3N3O5S. The number of hydrogen-bond donors (Lipinski definition) is 2. The third-order valence-electron chi connectivity index (χ3n) is 5.21. The Balaban J connectivity index is 1.57. The molecule has 194 valence electrons. The number of ether oxygens (including phenoxy) is 2. The van der Waals surface area contributed by atoms with Crippen LogP contribution >= 0.6 is 11.8 Å². The summed E-state index contributed by atoms with van der Waals surface area (Å²) in [6.45, 7) is 1.96. The first-order chi connectivity index (χ1) is 17.2. The van der Waals surface area contributed by atoms with E-state index in [0.29, 0.717) is 29.8 Å². The van der Waals surface area contributed by atoms with Gasteiger partial charge in [-0.1, -0.05) is 6.07 Å². The van der Waals surface area contributed by atoms with Gasteiger partial charge in [-0.25, -0.2) is 18.0 Å². The van der Waals surface area contributed by atoms with Crippen LogP contribution in [0.4, 0.5) is 18.9 Å². The van der Waals surface area contributed by atoms with Crippen molar-refractivity contribution in [2.45, 2.75) is 31.2 Å². The number of anilines is 1. The van der Waals surface area contributed by atoms with Crippen LogP contribution in [-0.2, 0) is 25.5 Å². The van der Waals surface area contributed by atoms with Crippen molar-refractivity contribution in [2.75, 3.05) is 30.8 Å². The second-order valence-electron chi connectivity index (χ2n) is 7.95. The highest BCUT2D eigenvalue weighted by molar-refractivity contribution is 8.00. The van der Waals surface area contributed by atoms with Gasteiger partial charge in [-0.3, -0.25) is 9.59 Å². The fourth-order valence-corrected chi connectivity index (χ4v) is 4.71. The highest BCUT2D eigenvalue weighted by Gasteiger charge is 2.35. The molecule has 0 aromatic heterocycles. The quantitative estimate of drug-likeness (QED) is 0.363. The van der Waals surface area contributed by atoms with Crippen LogP contribution in [0.25, 0.3) is 0 Å². The molecule has 2 aromatic carbocycles. The third kappa shape index (κ3) is 7.37. The molecule has 12 heteroatoms. The number of amides is 2. The Morgan fingerprint density at radius 2 is 1.92 bits per heavy atom. The predicted molar refractivity (Wildman–Crippen MR) is 128 cm³/mol. The first kappa shape index (κ1) is 27.3. The number of nitrogens with zero attached hydrogens (tertiary/aromatic N) is 1. The minimum absolute atomic E-state index is 0.135. The van der Waals surface area contributed by atoms with Crippen LogP contribution in [0.2, 0.25) is 0 Å². The fraction of sp³-hybridized carbons (Fsp3) is 0.375. The Labute approximate surface area is 210 Å². The van der Waals surface area contributed by atoms with E-state index >= 15 is 0 Å². The molecule has 2 aromatic rings. The van der Waals surface area contributed by atoms with Gasteiger partial charge in [0.1, 0.15) is 11.6 Å². The van der Waals surface area contributed by atoms with Crippen LogP contribution in [0.15, 0.2) is 36.4 Å². The van der Waals surface area contributed by atoms with Gasteiger partial charge >= 0.3 is 5.97 Å². The second kappa shape index (κ2) is 12.6.